The lowest BCUT2D eigenvalue weighted by Gasteiger charge is -2.08. The first-order chi connectivity index (χ1) is 5.13. The third kappa shape index (κ3) is 1.71. The van der Waals surface area contributed by atoms with Gasteiger partial charge in [0.2, 0.25) is 0 Å². The minimum atomic E-state index is 0.481. The largest absolute Gasteiger partial charge is 0.383 e. The van der Waals surface area contributed by atoms with Crippen LogP contribution < -0.4 is 5.73 Å². The summed E-state index contributed by atoms with van der Waals surface area (Å²) < 4.78 is 0.926. The highest BCUT2D eigenvalue weighted by atomic mass is 79.9. The van der Waals surface area contributed by atoms with Crippen LogP contribution in [0, 0.1) is 0 Å². The van der Waals surface area contributed by atoms with Crippen molar-refractivity contribution >= 4 is 21.7 Å². The van der Waals surface area contributed by atoms with Gasteiger partial charge in [-0.15, -0.1) is 0 Å². The Kier molecular flexibility index (Phi) is 2.49. The van der Waals surface area contributed by atoms with Gasteiger partial charge in [-0.25, -0.2) is 4.98 Å². The van der Waals surface area contributed by atoms with Crippen LogP contribution in [0.5, 0.6) is 0 Å². The van der Waals surface area contributed by atoms with E-state index in [1.165, 1.54) is 5.56 Å². The van der Waals surface area contributed by atoms with Gasteiger partial charge in [0.15, 0.2) is 0 Å². The van der Waals surface area contributed by atoms with Gasteiger partial charge in [-0.2, -0.15) is 0 Å². The first kappa shape index (κ1) is 8.53. The molecule has 2 nitrogen and oxygen atoms in total. The zero-order valence-electron chi connectivity index (χ0n) is 6.63. The summed E-state index contributed by atoms with van der Waals surface area (Å²) in [6, 6.07) is 1.98. The van der Waals surface area contributed by atoms with E-state index in [9.17, 15) is 0 Å². The van der Waals surface area contributed by atoms with Crippen molar-refractivity contribution in [2.45, 2.75) is 19.8 Å². The van der Waals surface area contributed by atoms with Gasteiger partial charge in [0.25, 0.3) is 0 Å². The second kappa shape index (κ2) is 3.22. The molecule has 1 aromatic heterocycles. The molecule has 0 amide bonds. The fourth-order valence-corrected chi connectivity index (χ4v) is 1.61. The lowest BCUT2D eigenvalue weighted by molar-refractivity contribution is 0.858. The average Bonchev–Trinajstić information content (AvgIpc) is 1.94. The quantitative estimate of drug-likeness (QED) is 0.781. The number of hydrogen-bond donors (Lipinski definition) is 1. The monoisotopic (exact) mass is 214 g/mol. The summed E-state index contributed by atoms with van der Waals surface area (Å²) in [4.78, 5) is 3.95. The Morgan fingerprint density at radius 2 is 2.18 bits per heavy atom. The fraction of sp³-hybridized carbons (Fsp3) is 0.375. The van der Waals surface area contributed by atoms with E-state index in [2.05, 4.69) is 34.8 Å². The fourth-order valence-electron chi connectivity index (χ4n) is 0.921. The Balaban J connectivity index is 3.17. The van der Waals surface area contributed by atoms with Gasteiger partial charge in [-0.3, -0.25) is 0 Å². The number of nitrogen functional groups attached to an aromatic ring is 1. The summed E-state index contributed by atoms with van der Waals surface area (Å²) in [6.45, 7) is 4.25. The number of anilines is 1. The standard InChI is InChI=1S/C8H11BrN2/c1-5(2)6-3-4-11-8(10)7(6)9/h3-5H,1-2H3,(H2,10,11). The first-order valence-electron chi connectivity index (χ1n) is 3.52. The molecule has 0 aliphatic heterocycles. The Bertz CT molecular complexity index is 258. The van der Waals surface area contributed by atoms with E-state index < -0.39 is 0 Å². The third-order valence-corrected chi connectivity index (χ3v) is 2.43. The van der Waals surface area contributed by atoms with Crippen LogP contribution in [-0.2, 0) is 0 Å². The molecule has 0 unspecified atom stereocenters. The molecule has 0 spiro atoms. The van der Waals surface area contributed by atoms with Gasteiger partial charge in [-0.05, 0) is 33.5 Å². The molecule has 11 heavy (non-hydrogen) atoms. The van der Waals surface area contributed by atoms with E-state index in [1.54, 1.807) is 6.20 Å². The molecular weight excluding hydrogens is 204 g/mol. The maximum atomic E-state index is 5.60. The summed E-state index contributed by atoms with van der Waals surface area (Å²) in [6.07, 6.45) is 1.73. The van der Waals surface area contributed by atoms with Gasteiger partial charge in [0.1, 0.15) is 5.82 Å². The average molecular weight is 215 g/mol. The molecule has 1 rings (SSSR count). The van der Waals surface area contributed by atoms with Crippen molar-refractivity contribution in [3.05, 3.63) is 22.3 Å². The maximum absolute atomic E-state index is 5.60. The van der Waals surface area contributed by atoms with Crippen molar-refractivity contribution in [2.24, 2.45) is 0 Å². The van der Waals surface area contributed by atoms with E-state index in [0.29, 0.717) is 11.7 Å². The van der Waals surface area contributed by atoms with E-state index in [-0.39, 0.29) is 0 Å². The number of pyridine rings is 1. The highest BCUT2D eigenvalue weighted by Crippen LogP contribution is 2.27. The normalized spacial score (nSPS) is 10.5. The second-order valence-electron chi connectivity index (χ2n) is 2.75. The lowest BCUT2D eigenvalue weighted by atomic mass is 10.1. The van der Waals surface area contributed by atoms with Crippen molar-refractivity contribution in [3.63, 3.8) is 0 Å². The van der Waals surface area contributed by atoms with Crippen molar-refractivity contribution in [1.82, 2.24) is 4.98 Å². The Hall–Kier alpha value is -0.570. The van der Waals surface area contributed by atoms with Crippen molar-refractivity contribution in [2.75, 3.05) is 5.73 Å². The molecule has 0 aliphatic carbocycles. The minimum absolute atomic E-state index is 0.481. The summed E-state index contributed by atoms with van der Waals surface area (Å²) in [7, 11) is 0. The van der Waals surface area contributed by atoms with Crippen LogP contribution in [0.2, 0.25) is 0 Å². The Morgan fingerprint density at radius 1 is 1.55 bits per heavy atom. The molecule has 0 saturated carbocycles. The number of rotatable bonds is 1. The molecular formula is C8H11BrN2. The molecule has 1 heterocycles. The predicted octanol–water partition coefficient (Wildman–Crippen LogP) is 2.55. The molecule has 0 fully saturated rings. The van der Waals surface area contributed by atoms with Crippen molar-refractivity contribution < 1.29 is 0 Å². The molecule has 2 N–H and O–H groups in total. The summed E-state index contributed by atoms with van der Waals surface area (Å²) in [5, 5.41) is 0. The molecule has 0 aliphatic rings. The smallest absolute Gasteiger partial charge is 0.137 e. The number of aromatic nitrogens is 1. The first-order valence-corrected chi connectivity index (χ1v) is 4.32. The Morgan fingerprint density at radius 3 is 2.64 bits per heavy atom. The molecule has 60 valence electrons. The van der Waals surface area contributed by atoms with Gasteiger partial charge in [-0.1, -0.05) is 13.8 Å². The summed E-state index contributed by atoms with van der Waals surface area (Å²) in [5.74, 6) is 1.05. The zero-order chi connectivity index (χ0) is 8.43. The van der Waals surface area contributed by atoms with Crippen molar-refractivity contribution in [1.29, 1.82) is 0 Å². The van der Waals surface area contributed by atoms with E-state index >= 15 is 0 Å². The van der Waals surface area contributed by atoms with Crippen molar-refractivity contribution in [3.8, 4) is 0 Å². The molecule has 0 bridgehead atoms. The molecule has 0 aromatic carbocycles. The van der Waals surface area contributed by atoms with Crippen LogP contribution in [0.15, 0.2) is 16.7 Å². The van der Waals surface area contributed by atoms with Crippen LogP contribution in [0.3, 0.4) is 0 Å². The SMILES string of the molecule is CC(C)c1ccnc(N)c1Br. The number of hydrogen-bond acceptors (Lipinski definition) is 2. The highest BCUT2D eigenvalue weighted by molar-refractivity contribution is 9.10. The van der Waals surface area contributed by atoms with Crippen LogP contribution >= 0.6 is 15.9 Å². The maximum Gasteiger partial charge on any atom is 0.137 e. The van der Waals surface area contributed by atoms with Gasteiger partial charge >= 0.3 is 0 Å². The summed E-state index contributed by atoms with van der Waals surface area (Å²) >= 11 is 3.39. The molecule has 1 aromatic rings. The van der Waals surface area contributed by atoms with Crippen LogP contribution in [0.4, 0.5) is 5.82 Å². The van der Waals surface area contributed by atoms with Gasteiger partial charge in [0, 0.05) is 6.20 Å². The Labute approximate surface area is 75.0 Å². The zero-order valence-corrected chi connectivity index (χ0v) is 8.22. The van der Waals surface area contributed by atoms with E-state index in [0.717, 1.165) is 4.47 Å². The van der Waals surface area contributed by atoms with Crippen LogP contribution in [-0.4, -0.2) is 4.98 Å². The van der Waals surface area contributed by atoms with Gasteiger partial charge < -0.3 is 5.73 Å². The van der Waals surface area contributed by atoms with E-state index in [4.69, 9.17) is 5.73 Å². The minimum Gasteiger partial charge on any atom is -0.383 e. The van der Waals surface area contributed by atoms with Crippen LogP contribution in [0.1, 0.15) is 25.3 Å². The lowest BCUT2D eigenvalue weighted by Crippen LogP contribution is -1.96. The number of halogens is 1. The number of nitrogens with zero attached hydrogens (tertiary/aromatic N) is 1. The number of nitrogens with two attached hydrogens (primary N) is 1. The predicted molar refractivity (Wildman–Crippen MR) is 50.4 cm³/mol. The molecule has 0 saturated heterocycles. The van der Waals surface area contributed by atoms with E-state index in [1.807, 2.05) is 6.07 Å². The topological polar surface area (TPSA) is 38.9 Å². The molecule has 3 heteroatoms. The third-order valence-electron chi connectivity index (χ3n) is 1.57. The van der Waals surface area contributed by atoms with Crippen LogP contribution in [0.25, 0.3) is 0 Å². The highest BCUT2D eigenvalue weighted by Gasteiger charge is 2.06. The van der Waals surface area contributed by atoms with Gasteiger partial charge in [0.05, 0.1) is 4.47 Å². The molecule has 0 atom stereocenters. The molecule has 0 radical (unpaired) electrons. The summed E-state index contributed by atoms with van der Waals surface area (Å²) in [5.41, 5.74) is 6.81. The second-order valence-corrected chi connectivity index (χ2v) is 3.55.